The van der Waals surface area contributed by atoms with Crippen LogP contribution in [-0.2, 0) is 9.53 Å². The molecule has 3 rings (SSSR count). The number of hydrogen-bond donors (Lipinski definition) is 0. The van der Waals surface area contributed by atoms with Crippen LogP contribution in [-0.4, -0.2) is 17.6 Å². The number of carbonyl (C=O) groups is 1. The van der Waals surface area contributed by atoms with Crippen LogP contribution in [0.25, 0.3) is 10.8 Å². The van der Waals surface area contributed by atoms with Crippen LogP contribution in [0.4, 0.5) is 0 Å². The van der Waals surface area contributed by atoms with Crippen LogP contribution >= 0.6 is 0 Å². The molecule has 1 atom stereocenters. The van der Waals surface area contributed by atoms with E-state index in [1.807, 2.05) is 30.3 Å². The minimum absolute atomic E-state index is 0.139. The second kappa shape index (κ2) is 4.17. The zero-order valence-corrected chi connectivity index (χ0v) is 9.43. The highest BCUT2D eigenvalue weighted by Gasteiger charge is 2.28. The van der Waals surface area contributed by atoms with Crippen LogP contribution in [0.5, 0.6) is 0 Å². The van der Waals surface area contributed by atoms with Gasteiger partial charge < -0.3 is 4.74 Å². The minimum atomic E-state index is -0.199. The summed E-state index contributed by atoms with van der Waals surface area (Å²) in [7, 11) is 0. The van der Waals surface area contributed by atoms with E-state index in [-0.39, 0.29) is 11.9 Å². The molecule has 1 aliphatic heterocycles. The molecule has 2 aromatic rings. The third-order valence-electron chi connectivity index (χ3n) is 3.20. The average Bonchev–Trinajstić information content (AvgIpc) is 2.39. The molecular weight excluding hydrogens is 214 g/mol. The fourth-order valence-corrected chi connectivity index (χ4v) is 2.35. The molecule has 1 unspecified atom stereocenters. The summed E-state index contributed by atoms with van der Waals surface area (Å²) in [6.07, 6.45) is 3.51. The largest absolute Gasteiger partial charge is 0.465 e. The van der Waals surface area contributed by atoms with Gasteiger partial charge in [-0.05, 0) is 24.3 Å². The molecule has 0 radical (unpaired) electrons. The average molecular weight is 227 g/mol. The lowest BCUT2D eigenvalue weighted by atomic mass is 9.93. The lowest BCUT2D eigenvalue weighted by molar-refractivity contribution is -0.149. The summed E-state index contributed by atoms with van der Waals surface area (Å²) in [4.78, 5) is 16.2. The van der Waals surface area contributed by atoms with Gasteiger partial charge in [-0.15, -0.1) is 0 Å². The minimum Gasteiger partial charge on any atom is -0.465 e. The van der Waals surface area contributed by atoms with Crippen LogP contribution < -0.4 is 0 Å². The smallest absolute Gasteiger partial charge is 0.315 e. The van der Waals surface area contributed by atoms with Gasteiger partial charge in [0.25, 0.3) is 0 Å². The summed E-state index contributed by atoms with van der Waals surface area (Å²) in [6.45, 7) is 0.542. The first kappa shape index (κ1) is 10.3. The van der Waals surface area contributed by atoms with Gasteiger partial charge in [0.1, 0.15) is 0 Å². The quantitative estimate of drug-likeness (QED) is 0.703. The summed E-state index contributed by atoms with van der Waals surface area (Å²) in [6, 6.07) is 9.98. The Labute approximate surface area is 99.4 Å². The van der Waals surface area contributed by atoms with E-state index in [0.29, 0.717) is 6.61 Å². The summed E-state index contributed by atoms with van der Waals surface area (Å²) < 4.78 is 5.11. The molecule has 2 heterocycles. The van der Waals surface area contributed by atoms with Crippen molar-refractivity contribution in [3.05, 3.63) is 42.2 Å². The molecular formula is C14H13NO2. The van der Waals surface area contributed by atoms with E-state index in [9.17, 15) is 4.79 Å². The molecule has 0 N–H and O–H groups in total. The molecule has 1 aromatic heterocycles. The summed E-state index contributed by atoms with van der Waals surface area (Å²) in [5, 5.41) is 2.18. The van der Waals surface area contributed by atoms with Crippen LogP contribution in [0.3, 0.4) is 0 Å². The first-order valence-electron chi connectivity index (χ1n) is 5.86. The molecule has 3 nitrogen and oxygen atoms in total. The number of esters is 1. The highest BCUT2D eigenvalue weighted by atomic mass is 16.5. The summed E-state index contributed by atoms with van der Waals surface area (Å²) >= 11 is 0. The zero-order valence-electron chi connectivity index (χ0n) is 9.43. The standard InChI is InChI=1S/C14H13NO2/c16-14-12(6-3-9-17-14)13-11-5-2-1-4-10(11)7-8-15-13/h1-2,4-5,7-8,12H,3,6,9H2. The van der Waals surface area contributed by atoms with E-state index in [1.165, 1.54) is 0 Å². The van der Waals surface area contributed by atoms with Gasteiger partial charge in [0, 0.05) is 11.6 Å². The molecule has 1 aliphatic rings. The molecule has 0 aliphatic carbocycles. The van der Waals surface area contributed by atoms with Crippen molar-refractivity contribution < 1.29 is 9.53 Å². The number of pyridine rings is 1. The molecule has 86 valence electrons. The highest BCUT2D eigenvalue weighted by Crippen LogP contribution is 2.30. The van der Waals surface area contributed by atoms with Gasteiger partial charge in [0.05, 0.1) is 18.2 Å². The van der Waals surface area contributed by atoms with Gasteiger partial charge in [-0.3, -0.25) is 9.78 Å². The van der Waals surface area contributed by atoms with Gasteiger partial charge in [0.2, 0.25) is 0 Å². The van der Waals surface area contributed by atoms with Crippen molar-refractivity contribution in [2.45, 2.75) is 18.8 Å². The number of ether oxygens (including phenoxy) is 1. The molecule has 0 amide bonds. The second-order valence-corrected chi connectivity index (χ2v) is 4.28. The Balaban J connectivity index is 2.13. The Morgan fingerprint density at radius 2 is 2.12 bits per heavy atom. The number of fused-ring (bicyclic) bond motifs is 1. The molecule has 1 saturated heterocycles. The maximum Gasteiger partial charge on any atom is 0.315 e. The molecule has 0 spiro atoms. The molecule has 3 heteroatoms. The fraction of sp³-hybridized carbons (Fsp3) is 0.286. The van der Waals surface area contributed by atoms with E-state index < -0.39 is 0 Å². The number of cyclic esters (lactones) is 1. The Hall–Kier alpha value is -1.90. The second-order valence-electron chi connectivity index (χ2n) is 4.28. The van der Waals surface area contributed by atoms with E-state index in [2.05, 4.69) is 4.98 Å². The number of rotatable bonds is 1. The third kappa shape index (κ3) is 1.78. The maximum absolute atomic E-state index is 11.8. The SMILES string of the molecule is O=C1OCCCC1c1nccc2ccccc12. The number of aromatic nitrogens is 1. The van der Waals surface area contributed by atoms with Gasteiger partial charge in [-0.1, -0.05) is 24.3 Å². The van der Waals surface area contributed by atoms with Gasteiger partial charge in [-0.25, -0.2) is 0 Å². The fourth-order valence-electron chi connectivity index (χ4n) is 2.35. The normalized spacial score (nSPS) is 20.2. The first-order chi connectivity index (χ1) is 8.36. The number of benzene rings is 1. The predicted octanol–water partition coefficient (Wildman–Crippen LogP) is 2.66. The summed E-state index contributed by atoms with van der Waals surface area (Å²) in [5.74, 6) is -0.338. The first-order valence-corrected chi connectivity index (χ1v) is 5.86. The van der Waals surface area contributed by atoms with E-state index >= 15 is 0 Å². The monoisotopic (exact) mass is 227 g/mol. The van der Waals surface area contributed by atoms with E-state index in [1.54, 1.807) is 6.20 Å². The molecule has 0 saturated carbocycles. The van der Waals surface area contributed by atoms with Crippen LogP contribution in [0, 0.1) is 0 Å². The Morgan fingerprint density at radius 3 is 3.00 bits per heavy atom. The molecule has 1 aromatic carbocycles. The van der Waals surface area contributed by atoms with Crippen LogP contribution in [0.2, 0.25) is 0 Å². The van der Waals surface area contributed by atoms with Crippen molar-refractivity contribution in [1.29, 1.82) is 0 Å². The van der Waals surface area contributed by atoms with Crippen molar-refractivity contribution >= 4 is 16.7 Å². The zero-order chi connectivity index (χ0) is 11.7. The molecule has 1 fully saturated rings. The Morgan fingerprint density at radius 1 is 1.24 bits per heavy atom. The van der Waals surface area contributed by atoms with E-state index in [0.717, 1.165) is 29.3 Å². The van der Waals surface area contributed by atoms with Crippen molar-refractivity contribution in [1.82, 2.24) is 4.98 Å². The predicted molar refractivity (Wildman–Crippen MR) is 64.7 cm³/mol. The number of hydrogen-bond acceptors (Lipinski definition) is 3. The van der Waals surface area contributed by atoms with Gasteiger partial charge in [0.15, 0.2) is 0 Å². The van der Waals surface area contributed by atoms with Gasteiger partial charge >= 0.3 is 5.97 Å². The van der Waals surface area contributed by atoms with Crippen molar-refractivity contribution in [2.24, 2.45) is 0 Å². The lowest BCUT2D eigenvalue weighted by Crippen LogP contribution is -2.23. The lowest BCUT2D eigenvalue weighted by Gasteiger charge is -2.21. The van der Waals surface area contributed by atoms with Crippen molar-refractivity contribution in [3.63, 3.8) is 0 Å². The summed E-state index contributed by atoms with van der Waals surface area (Å²) in [5.41, 5.74) is 0.854. The third-order valence-corrected chi connectivity index (χ3v) is 3.20. The number of nitrogens with zero attached hydrogens (tertiary/aromatic N) is 1. The van der Waals surface area contributed by atoms with Crippen molar-refractivity contribution in [2.75, 3.05) is 6.61 Å². The Bertz CT molecular complexity index is 560. The van der Waals surface area contributed by atoms with E-state index in [4.69, 9.17) is 4.74 Å². The topological polar surface area (TPSA) is 39.2 Å². The maximum atomic E-state index is 11.8. The van der Waals surface area contributed by atoms with Gasteiger partial charge in [-0.2, -0.15) is 0 Å². The van der Waals surface area contributed by atoms with Crippen molar-refractivity contribution in [3.8, 4) is 0 Å². The molecule has 17 heavy (non-hydrogen) atoms. The van der Waals surface area contributed by atoms with Crippen LogP contribution in [0.15, 0.2) is 36.5 Å². The Kier molecular flexibility index (Phi) is 2.52. The number of carbonyl (C=O) groups excluding carboxylic acids is 1. The molecule has 0 bridgehead atoms. The highest BCUT2D eigenvalue weighted by molar-refractivity contribution is 5.89. The van der Waals surface area contributed by atoms with Crippen LogP contribution in [0.1, 0.15) is 24.5 Å².